The molecule has 122 valence electrons. The molecule has 3 nitrogen and oxygen atoms in total. The van der Waals surface area contributed by atoms with Crippen LogP contribution in [0.15, 0.2) is 65.6 Å². The summed E-state index contributed by atoms with van der Waals surface area (Å²) in [6, 6.07) is 19.0. The van der Waals surface area contributed by atoms with Crippen LogP contribution in [0.2, 0.25) is 0 Å². The molecular formula is C19H23NO2S. The Balaban J connectivity index is 1.73. The molecule has 23 heavy (non-hydrogen) atoms. The average molecular weight is 329 g/mol. The number of hydrogen-bond acceptors (Lipinski definition) is 2. The molecule has 1 fully saturated rings. The van der Waals surface area contributed by atoms with Crippen LogP contribution in [0.4, 0.5) is 0 Å². The molecule has 0 atom stereocenters. The molecule has 0 bridgehead atoms. The Kier molecular flexibility index (Phi) is 4.83. The minimum Gasteiger partial charge on any atom is -0.211 e. The van der Waals surface area contributed by atoms with E-state index in [1.807, 2.05) is 24.3 Å². The minimum atomic E-state index is -3.43. The molecule has 0 aliphatic heterocycles. The second kappa shape index (κ2) is 6.85. The molecule has 1 N–H and O–H groups in total. The third-order valence-electron chi connectivity index (χ3n) is 4.78. The molecule has 2 aromatic rings. The molecule has 1 aliphatic carbocycles. The van der Waals surface area contributed by atoms with E-state index < -0.39 is 10.0 Å². The highest BCUT2D eigenvalue weighted by Crippen LogP contribution is 2.40. The Morgan fingerprint density at radius 2 is 1.43 bits per heavy atom. The molecule has 3 rings (SSSR count). The average Bonchev–Trinajstić information content (AvgIpc) is 3.04. The van der Waals surface area contributed by atoms with Crippen molar-refractivity contribution in [2.24, 2.45) is 5.41 Å². The van der Waals surface area contributed by atoms with Gasteiger partial charge in [0.15, 0.2) is 0 Å². The van der Waals surface area contributed by atoms with Crippen LogP contribution in [-0.4, -0.2) is 15.0 Å². The summed E-state index contributed by atoms with van der Waals surface area (Å²) >= 11 is 0. The second-order valence-electron chi connectivity index (χ2n) is 6.51. The van der Waals surface area contributed by atoms with Gasteiger partial charge in [0.05, 0.1) is 4.90 Å². The third-order valence-corrected chi connectivity index (χ3v) is 6.19. The van der Waals surface area contributed by atoms with E-state index in [9.17, 15) is 8.42 Å². The Morgan fingerprint density at radius 3 is 2.04 bits per heavy atom. The standard InChI is InChI=1S/C19H23NO2S/c21-23(22,18-11-5-2-6-12-18)20-16-19(13-7-8-14-19)15-17-9-3-1-4-10-17/h1-6,9-12,20H,7-8,13-16H2. The summed E-state index contributed by atoms with van der Waals surface area (Å²) in [6.45, 7) is 0.513. The summed E-state index contributed by atoms with van der Waals surface area (Å²) in [6.07, 6.45) is 5.46. The van der Waals surface area contributed by atoms with Crippen molar-refractivity contribution in [1.29, 1.82) is 0 Å². The van der Waals surface area contributed by atoms with Crippen LogP contribution < -0.4 is 4.72 Å². The van der Waals surface area contributed by atoms with E-state index in [0.29, 0.717) is 11.4 Å². The summed E-state index contributed by atoms with van der Waals surface area (Å²) in [4.78, 5) is 0.341. The molecule has 1 aliphatic rings. The van der Waals surface area contributed by atoms with E-state index in [0.717, 1.165) is 19.3 Å². The van der Waals surface area contributed by atoms with Crippen molar-refractivity contribution < 1.29 is 8.42 Å². The van der Waals surface area contributed by atoms with Crippen molar-refractivity contribution in [3.05, 3.63) is 66.2 Å². The summed E-state index contributed by atoms with van der Waals surface area (Å²) < 4.78 is 27.8. The molecule has 4 heteroatoms. The van der Waals surface area contributed by atoms with Crippen molar-refractivity contribution in [3.63, 3.8) is 0 Å². The first-order valence-corrected chi connectivity index (χ1v) is 9.67. The first-order valence-electron chi connectivity index (χ1n) is 8.18. The molecule has 0 saturated heterocycles. The topological polar surface area (TPSA) is 46.2 Å². The van der Waals surface area contributed by atoms with Crippen LogP contribution in [0.5, 0.6) is 0 Å². The SMILES string of the molecule is O=S(=O)(NCC1(Cc2ccccc2)CCCC1)c1ccccc1. The molecule has 0 amide bonds. The highest BCUT2D eigenvalue weighted by Gasteiger charge is 2.35. The summed E-state index contributed by atoms with van der Waals surface area (Å²) in [5, 5.41) is 0. The van der Waals surface area contributed by atoms with Crippen LogP contribution >= 0.6 is 0 Å². The lowest BCUT2D eigenvalue weighted by Crippen LogP contribution is -2.37. The summed E-state index contributed by atoms with van der Waals surface area (Å²) in [5.41, 5.74) is 1.33. The molecule has 0 heterocycles. The van der Waals surface area contributed by atoms with Crippen LogP contribution in [-0.2, 0) is 16.4 Å². The molecule has 0 radical (unpaired) electrons. The zero-order valence-electron chi connectivity index (χ0n) is 13.2. The Labute approximate surface area is 138 Å². The molecular weight excluding hydrogens is 306 g/mol. The van der Waals surface area contributed by atoms with Gasteiger partial charge in [-0.05, 0) is 42.4 Å². The van der Waals surface area contributed by atoms with Crippen LogP contribution in [0, 0.1) is 5.41 Å². The highest BCUT2D eigenvalue weighted by atomic mass is 32.2. The Hall–Kier alpha value is -1.65. The number of rotatable bonds is 6. The van der Waals surface area contributed by atoms with E-state index in [2.05, 4.69) is 16.9 Å². The lowest BCUT2D eigenvalue weighted by molar-refractivity contribution is 0.295. The van der Waals surface area contributed by atoms with E-state index >= 15 is 0 Å². The predicted molar refractivity (Wildman–Crippen MR) is 92.7 cm³/mol. The largest absolute Gasteiger partial charge is 0.240 e. The van der Waals surface area contributed by atoms with E-state index in [1.54, 1.807) is 24.3 Å². The molecule has 0 spiro atoms. The highest BCUT2D eigenvalue weighted by molar-refractivity contribution is 7.89. The van der Waals surface area contributed by atoms with Gasteiger partial charge in [-0.25, -0.2) is 13.1 Å². The van der Waals surface area contributed by atoms with Gasteiger partial charge < -0.3 is 0 Å². The molecule has 2 aromatic carbocycles. The Morgan fingerprint density at radius 1 is 0.870 bits per heavy atom. The fourth-order valence-corrected chi connectivity index (χ4v) is 4.68. The second-order valence-corrected chi connectivity index (χ2v) is 8.27. The first-order chi connectivity index (χ1) is 11.1. The zero-order valence-corrected chi connectivity index (χ0v) is 14.1. The van der Waals surface area contributed by atoms with Gasteiger partial charge >= 0.3 is 0 Å². The lowest BCUT2D eigenvalue weighted by Gasteiger charge is -2.29. The number of nitrogens with one attached hydrogen (secondary N) is 1. The van der Waals surface area contributed by atoms with Gasteiger partial charge in [0.25, 0.3) is 0 Å². The van der Waals surface area contributed by atoms with Gasteiger partial charge in [-0.2, -0.15) is 0 Å². The van der Waals surface area contributed by atoms with Crippen molar-refractivity contribution in [2.75, 3.05) is 6.54 Å². The normalized spacial score (nSPS) is 17.2. The monoisotopic (exact) mass is 329 g/mol. The molecule has 1 saturated carbocycles. The fraction of sp³-hybridized carbons (Fsp3) is 0.368. The number of sulfonamides is 1. The maximum absolute atomic E-state index is 12.5. The van der Waals surface area contributed by atoms with Crippen LogP contribution in [0.25, 0.3) is 0 Å². The maximum Gasteiger partial charge on any atom is 0.240 e. The fourth-order valence-electron chi connectivity index (χ4n) is 3.50. The smallest absolute Gasteiger partial charge is 0.211 e. The van der Waals surface area contributed by atoms with Crippen molar-refractivity contribution in [1.82, 2.24) is 4.72 Å². The molecule has 0 aromatic heterocycles. The van der Waals surface area contributed by atoms with E-state index in [-0.39, 0.29) is 5.41 Å². The van der Waals surface area contributed by atoms with Gasteiger partial charge in [0, 0.05) is 6.54 Å². The maximum atomic E-state index is 12.5. The van der Waals surface area contributed by atoms with Gasteiger partial charge in [0.1, 0.15) is 0 Å². The van der Waals surface area contributed by atoms with Gasteiger partial charge in [-0.3, -0.25) is 0 Å². The third kappa shape index (κ3) is 4.01. The number of hydrogen-bond donors (Lipinski definition) is 1. The first kappa shape index (κ1) is 16.2. The van der Waals surface area contributed by atoms with Crippen LogP contribution in [0.3, 0.4) is 0 Å². The van der Waals surface area contributed by atoms with E-state index in [4.69, 9.17) is 0 Å². The minimum absolute atomic E-state index is 0.0448. The Bertz CT molecular complexity index is 720. The van der Waals surface area contributed by atoms with Crippen molar-refractivity contribution in [3.8, 4) is 0 Å². The summed E-state index contributed by atoms with van der Waals surface area (Å²) in [7, 11) is -3.43. The summed E-state index contributed by atoms with van der Waals surface area (Å²) in [5.74, 6) is 0. The number of benzene rings is 2. The van der Waals surface area contributed by atoms with Gasteiger partial charge in [-0.15, -0.1) is 0 Å². The van der Waals surface area contributed by atoms with Gasteiger partial charge in [-0.1, -0.05) is 61.4 Å². The lowest BCUT2D eigenvalue weighted by atomic mass is 9.80. The quantitative estimate of drug-likeness (QED) is 0.877. The molecule has 0 unspecified atom stereocenters. The van der Waals surface area contributed by atoms with E-state index in [1.165, 1.54) is 18.4 Å². The van der Waals surface area contributed by atoms with Crippen molar-refractivity contribution in [2.45, 2.75) is 37.0 Å². The predicted octanol–water partition coefficient (Wildman–Crippen LogP) is 3.77. The van der Waals surface area contributed by atoms with Crippen LogP contribution in [0.1, 0.15) is 31.2 Å². The van der Waals surface area contributed by atoms with Crippen molar-refractivity contribution >= 4 is 10.0 Å². The zero-order chi connectivity index (χ0) is 16.2. The van der Waals surface area contributed by atoms with Gasteiger partial charge in [0.2, 0.25) is 10.0 Å².